The number of aliphatic carboxylic acids is 1. The van der Waals surface area contributed by atoms with E-state index in [-0.39, 0.29) is 0 Å². The molecule has 3 rings (SSSR count). The molecule has 0 radical (unpaired) electrons. The maximum Gasteiger partial charge on any atom is 0.300 e. The van der Waals surface area contributed by atoms with E-state index in [1.165, 1.54) is 10.8 Å². The molecule has 3 heteroatoms. The second-order valence-electron chi connectivity index (χ2n) is 4.25. The van der Waals surface area contributed by atoms with Gasteiger partial charge in [-0.15, -0.1) is 0 Å². The largest absolute Gasteiger partial charge is 0.508 e. The van der Waals surface area contributed by atoms with Crippen molar-refractivity contribution in [1.82, 2.24) is 0 Å². The van der Waals surface area contributed by atoms with E-state index in [1.807, 2.05) is 18.2 Å². The average Bonchev–Trinajstić information content (AvgIpc) is 2.35. The van der Waals surface area contributed by atoms with E-state index in [4.69, 9.17) is 9.90 Å². The Morgan fingerprint density at radius 2 is 1.32 bits per heavy atom. The van der Waals surface area contributed by atoms with Gasteiger partial charge in [-0.2, -0.15) is 0 Å². The fourth-order valence-corrected chi connectivity index (χ4v) is 1.93. The van der Waals surface area contributed by atoms with Crippen LogP contribution in [0.15, 0.2) is 54.6 Å². The van der Waals surface area contributed by atoms with Gasteiger partial charge >= 0.3 is 0 Å². The molecule has 0 aliphatic heterocycles. The van der Waals surface area contributed by atoms with E-state index in [2.05, 4.69) is 24.3 Å². The average molecular weight is 254 g/mol. The van der Waals surface area contributed by atoms with Gasteiger partial charge < -0.3 is 10.2 Å². The Balaban J connectivity index is 0.000000297. The zero-order chi connectivity index (χ0) is 13.8. The Morgan fingerprint density at radius 1 is 0.842 bits per heavy atom. The van der Waals surface area contributed by atoms with Gasteiger partial charge in [-0.3, -0.25) is 4.79 Å². The van der Waals surface area contributed by atoms with Gasteiger partial charge in [0.1, 0.15) is 5.75 Å². The van der Waals surface area contributed by atoms with Crippen molar-refractivity contribution < 1.29 is 15.0 Å². The third-order valence-corrected chi connectivity index (χ3v) is 2.69. The van der Waals surface area contributed by atoms with Gasteiger partial charge in [-0.1, -0.05) is 30.3 Å². The van der Waals surface area contributed by atoms with Crippen LogP contribution in [-0.4, -0.2) is 16.2 Å². The van der Waals surface area contributed by atoms with Crippen molar-refractivity contribution in [2.45, 2.75) is 6.92 Å². The van der Waals surface area contributed by atoms with Gasteiger partial charge in [-0.05, 0) is 45.8 Å². The predicted octanol–water partition coefficient (Wildman–Crippen LogP) is 3.79. The number of rotatable bonds is 0. The normalized spacial score (nSPS) is 9.95. The monoisotopic (exact) mass is 254 g/mol. The molecule has 0 spiro atoms. The number of aromatic hydroxyl groups is 1. The molecule has 0 aliphatic rings. The minimum absolute atomic E-state index is 0.317. The highest BCUT2D eigenvalue weighted by Crippen LogP contribution is 2.25. The standard InChI is InChI=1S/C14H10O.C2H4O2/c15-14-6-5-12-7-10-3-1-2-4-11(10)8-13(12)9-14;1-2(3)4/h1-9,15H;1H3,(H,3,4). The summed E-state index contributed by atoms with van der Waals surface area (Å²) in [7, 11) is 0. The molecule has 0 amide bonds. The van der Waals surface area contributed by atoms with Crippen LogP contribution in [0.25, 0.3) is 21.5 Å². The Morgan fingerprint density at radius 3 is 1.89 bits per heavy atom. The van der Waals surface area contributed by atoms with Crippen LogP contribution in [0.3, 0.4) is 0 Å². The van der Waals surface area contributed by atoms with E-state index in [9.17, 15) is 5.11 Å². The predicted molar refractivity (Wildman–Crippen MR) is 76.4 cm³/mol. The topological polar surface area (TPSA) is 57.5 Å². The lowest BCUT2D eigenvalue weighted by atomic mass is 10.0. The molecule has 0 heterocycles. The van der Waals surface area contributed by atoms with Crippen molar-refractivity contribution in [3.8, 4) is 5.75 Å². The van der Waals surface area contributed by atoms with Gasteiger partial charge in [0.2, 0.25) is 0 Å². The Hall–Kier alpha value is -2.55. The summed E-state index contributed by atoms with van der Waals surface area (Å²) in [5, 5.41) is 21.5. The third-order valence-electron chi connectivity index (χ3n) is 2.69. The Bertz CT molecular complexity index is 728. The van der Waals surface area contributed by atoms with Crippen LogP contribution in [0.5, 0.6) is 5.75 Å². The summed E-state index contributed by atoms with van der Waals surface area (Å²) in [5.74, 6) is -0.516. The molecule has 0 aliphatic carbocycles. The summed E-state index contributed by atoms with van der Waals surface area (Å²) in [6.45, 7) is 1.08. The van der Waals surface area contributed by atoms with Crippen molar-refractivity contribution in [2.75, 3.05) is 0 Å². The van der Waals surface area contributed by atoms with Gasteiger partial charge in [0.05, 0.1) is 0 Å². The number of phenols is 1. The van der Waals surface area contributed by atoms with Crippen molar-refractivity contribution >= 4 is 27.5 Å². The molecule has 19 heavy (non-hydrogen) atoms. The number of hydrogen-bond donors (Lipinski definition) is 2. The molecule has 2 N–H and O–H groups in total. The number of benzene rings is 3. The number of carbonyl (C=O) groups is 1. The third kappa shape index (κ3) is 3.22. The molecule has 0 atom stereocenters. The summed E-state index contributed by atoms with van der Waals surface area (Å²) in [6.07, 6.45) is 0. The molecule has 0 saturated carbocycles. The first-order valence-electron chi connectivity index (χ1n) is 5.87. The van der Waals surface area contributed by atoms with Crippen LogP contribution >= 0.6 is 0 Å². The highest BCUT2D eigenvalue weighted by molar-refractivity contribution is 5.98. The quantitative estimate of drug-likeness (QED) is 0.600. The molecule has 0 saturated heterocycles. The fourth-order valence-electron chi connectivity index (χ4n) is 1.93. The van der Waals surface area contributed by atoms with E-state index in [0.29, 0.717) is 5.75 Å². The summed E-state index contributed by atoms with van der Waals surface area (Å²) in [6, 6.07) is 17.9. The Kier molecular flexibility index (Phi) is 3.66. The van der Waals surface area contributed by atoms with Gasteiger partial charge in [0, 0.05) is 6.92 Å². The van der Waals surface area contributed by atoms with E-state index in [0.717, 1.165) is 17.7 Å². The van der Waals surface area contributed by atoms with Gasteiger partial charge in [0.15, 0.2) is 0 Å². The number of carboxylic acid groups (broad SMARTS) is 1. The first-order valence-corrected chi connectivity index (χ1v) is 5.87. The first-order chi connectivity index (χ1) is 9.06. The molecule has 0 bridgehead atoms. The number of hydrogen-bond acceptors (Lipinski definition) is 2. The first kappa shape index (κ1) is 12.9. The van der Waals surface area contributed by atoms with Gasteiger partial charge in [0.25, 0.3) is 5.97 Å². The molecule has 3 aromatic carbocycles. The zero-order valence-electron chi connectivity index (χ0n) is 10.5. The molecule has 0 aromatic heterocycles. The van der Waals surface area contributed by atoms with Crippen LogP contribution < -0.4 is 0 Å². The molecule has 96 valence electrons. The highest BCUT2D eigenvalue weighted by Gasteiger charge is 1.98. The maximum atomic E-state index is 9.40. The van der Waals surface area contributed by atoms with E-state index < -0.39 is 5.97 Å². The fraction of sp³-hybridized carbons (Fsp3) is 0.0625. The molecule has 0 unspecified atom stereocenters. The summed E-state index contributed by atoms with van der Waals surface area (Å²) >= 11 is 0. The van der Waals surface area contributed by atoms with Crippen LogP contribution in [0.1, 0.15) is 6.92 Å². The summed E-state index contributed by atoms with van der Waals surface area (Å²) < 4.78 is 0. The second kappa shape index (κ2) is 5.40. The molecular formula is C16H14O3. The van der Waals surface area contributed by atoms with Crippen LogP contribution in [0.4, 0.5) is 0 Å². The number of carboxylic acids is 1. The zero-order valence-corrected chi connectivity index (χ0v) is 10.5. The SMILES string of the molecule is CC(=O)O.Oc1ccc2cc3ccccc3cc2c1. The lowest BCUT2D eigenvalue weighted by Crippen LogP contribution is -1.78. The lowest BCUT2D eigenvalue weighted by Gasteiger charge is -2.02. The summed E-state index contributed by atoms with van der Waals surface area (Å²) in [4.78, 5) is 9.00. The minimum Gasteiger partial charge on any atom is -0.508 e. The Labute approximate surface area is 110 Å². The van der Waals surface area contributed by atoms with Crippen LogP contribution in [-0.2, 0) is 4.79 Å². The van der Waals surface area contributed by atoms with Crippen molar-refractivity contribution in [2.24, 2.45) is 0 Å². The maximum absolute atomic E-state index is 9.40. The number of fused-ring (bicyclic) bond motifs is 2. The highest BCUT2D eigenvalue weighted by atomic mass is 16.4. The number of phenolic OH excluding ortho intramolecular Hbond substituents is 1. The smallest absolute Gasteiger partial charge is 0.300 e. The van der Waals surface area contributed by atoms with Crippen molar-refractivity contribution in [1.29, 1.82) is 0 Å². The van der Waals surface area contributed by atoms with E-state index >= 15 is 0 Å². The van der Waals surface area contributed by atoms with Crippen LogP contribution in [0, 0.1) is 0 Å². The lowest BCUT2D eigenvalue weighted by molar-refractivity contribution is -0.134. The van der Waals surface area contributed by atoms with Crippen molar-refractivity contribution in [3.05, 3.63) is 54.6 Å². The molecule has 3 nitrogen and oxygen atoms in total. The minimum atomic E-state index is -0.833. The van der Waals surface area contributed by atoms with E-state index in [1.54, 1.807) is 12.1 Å². The summed E-state index contributed by atoms with van der Waals surface area (Å²) in [5.41, 5.74) is 0. The molecule has 0 fully saturated rings. The second-order valence-corrected chi connectivity index (χ2v) is 4.25. The van der Waals surface area contributed by atoms with Crippen LogP contribution in [0.2, 0.25) is 0 Å². The van der Waals surface area contributed by atoms with Gasteiger partial charge in [-0.25, -0.2) is 0 Å². The molecule has 3 aromatic rings. The molecular weight excluding hydrogens is 240 g/mol. The van der Waals surface area contributed by atoms with Crippen molar-refractivity contribution in [3.63, 3.8) is 0 Å².